The summed E-state index contributed by atoms with van der Waals surface area (Å²) < 4.78 is 5.80. The average molecular weight is 244 g/mol. The van der Waals surface area contributed by atoms with Gasteiger partial charge in [-0.25, -0.2) is 0 Å². The lowest BCUT2D eigenvalue weighted by atomic mass is 10.0. The molecule has 2 N–H and O–H groups in total. The predicted molar refractivity (Wildman–Crippen MR) is 69.7 cm³/mol. The molecule has 18 heavy (non-hydrogen) atoms. The SMILES string of the molecule is Cc1cc(C2CNCCO2)c2cc(O)ccc2n1. The van der Waals surface area contributed by atoms with Gasteiger partial charge in [0.1, 0.15) is 5.75 Å². The molecule has 1 atom stereocenters. The van der Waals surface area contributed by atoms with Crippen LogP contribution in [0.2, 0.25) is 0 Å². The van der Waals surface area contributed by atoms with Gasteiger partial charge in [-0.15, -0.1) is 0 Å². The van der Waals surface area contributed by atoms with E-state index < -0.39 is 0 Å². The molecule has 94 valence electrons. The highest BCUT2D eigenvalue weighted by Gasteiger charge is 2.19. The summed E-state index contributed by atoms with van der Waals surface area (Å²) in [5.74, 6) is 0.262. The van der Waals surface area contributed by atoms with Crippen LogP contribution in [0.5, 0.6) is 5.75 Å². The van der Waals surface area contributed by atoms with Gasteiger partial charge in [0.2, 0.25) is 0 Å². The summed E-state index contributed by atoms with van der Waals surface area (Å²) in [5, 5.41) is 13.9. The van der Waals surface area contributed by atoms with E-state index in [9.17, 15) is 5.11 Å². The van der Waals surface area contributed by atoms with Crippen molar-refractivity contribution in [2.75, 3.05) is 19.7 Å². The fourth-order valence-electron chi connectivity index (χ4n) is 2.41. The van der Waals surface area contributed by atoms with Crippen molar-refractivity contribution < 1.29 is 9.84 Å². The van der Waals surface area contributed by atoms with E-state index in [4.69, 9.17) is 4.74 Å². The first-order chi connectivity index (χ1) is 8.74. The maximum absolute atomic E-state index is 9.64. The van der Waals surface area contributed by atoms with Crippen LogP contribution in [0.15, 0.2) is 24.3 Å². The van der Waals surface area contributed by atoms with Crippen molar-refractivity contribution in [2.45, 2.75) is 13.0 Å². The molecular weight excluding hydrogens is 228 g/mol. The van der Waals surface area contributed by atoms with Crippen molar-refractivity contribution in [1.29, 1.82) is 0 Å². The second-order valence-electron chi connectivity index (χ2n) is 4.62. The molecule has 1 aromatic carbocycles. The van der Waals surface area contributed by atoms with E-state index in [0.29, 0.717) is 6.61 Å². The van der Waals surface area contributed by atoms with Crippen molar-refractivity contribution in [3.63, 3.8) is 0 Å². The molecule has 4 heteroatoms. The second-order valence-corrected chi connectivity index (χ2v) is 4.62. The number of ether oxygens (including phenoxy) is 1. The Morgan fingerprint density at radius 3 is 3.06 bits per heavy atom. The largest absolute Gasteiger partial charge is 0.508 e. The van der Waals surface area contributed by atoms with Gasteiger partial charge in [-0.05, 0) is 36.8 Å². The highest BCUT2D eigenvalue weighted by Crippen LogP contribution is 2.29. The first-order valence-corrected chi connectivity index (χ1v) is 6.16. The van der Waals surface area contributed by atoms with Crippen LogP contribution in [0.4, 0.5) is 0 Å². The minimum absolute atomic E-state index is 0.0322. The normalized spacial score (nSPS) is 20.2. The zero-order chi connectivity index (χ0) is 12.5. The lowest BCUT2D eigenvalue weighted by Gasteiger charge is -2.25. The Kier molecular flexibility index (Phi) is 2.89. The number of hydrogen-bond acceptors (Lipinski definition) is 4. The van der Waals surface area contributed by atoms with E-state index in [1.165, 1.54) is 0 Å². The lowest BCUT2D eigenvalue weighted by Crippen LogP contribution is -2.33. The van der Waals surface area contributed by atoms with E-state index in [1.54, 1.807) is 12.1 Å². The number of aromatic hydroxyl groups is 1. The van der Waals surface area contributed by atoms with Crippen LogP contribution in [0.3, 0.4) is 0 Å². The van der Waals surface area contributed by atoms with Crippen LogP contribution >= 0.6 is 0 Å². The molecule has 1 fully saturated rings. The zero-order valence-electron chi connectivity index (χ0n) is 10.3. The number of pyridine rings is 1. The second kappa shape index (κ2) is 4.55. The summed E-state index contributed by atoms with van der Waals surface area (Å²) in [6.07, 6.45) is 0.0322. The van der Waals surface area contributed by atoms with Crippen LogP contribution in [-0.2, 0) is 4.74 Å². The average Bonchev–Trinajstić information content (AvgIpc) is 2.39. The number of benzene rings is 1. The van der Waals surface area contributed by atoms with Gasteiger partial charge in [0, 0.05) is 24.2 Å². The smallest absolute Gasteiger partial charge is 0.116 e. The number of phenolic OH excluding ortho intramolecular Hbond substituents is 1. The topological polar surface area (TPSA) is 54.4 Å². The van der Waals surface area contributed by atoms with Crippen molar-refractivity contribution in [1.82, 2.24) is 10.3 Å². The molecule has 1 aromatic heterocycles. The van der Waals surface area contributed by atoms with E-state index in [-0.39, 0.29) is 11.9 Å². The van der Waals surface area contributed by atoms with Crippen LogP contribution in [0.25, 0.3) is 10.9 Å². The summed E-state index contributed by atoms with van der Waals surface area (Å²) in [6, 6.07) is 7.31. The third-order valence-corrected chi connectivity index (χ3v) is 3.23. The molecule has 0 bridgehead atoms. The predicted octanol–water partition coefficient (Wildman–Crippen LogP) is 1.91. The van der Waals surface area contributed by atoms with Gasteiger partial charge in [-0.3, -0.25) is 4.98 Å². The molecule has 0 saturated carbocycles. The third kappa shape index (κ3) is 2.05. The Hall–Kier alpha value is -1.65. The summed E-state index contributed by atoms with van der Waals surface area (Å²) in [4.78, 5) is 4.49. The van der Waals surface area contributed by atoms with Gasteiger partial charge in [-0.1, -0.05) is 0 Å². The zero-order valence-corrected chi connectivity index (χ0v) is 10.3. The molecule has 1 aliphatic heterocycles. The van der Waals surface area contributed by atoms with Crippen LogP contribution in [0, 0.1) is 6.92 Å². The van der Waals surface area contributed by atoms with Crippen LogP contribution in [0.1, 0.15) is 17.4 Å². The van der Waals surface area contributed by atoms with Gasteiger partial charge in [0.25, 0.3) is 0 Å². The number of fused-ring (bicyclic) bond motifs is 1. The Morgan fingerprint density at radius 1 is 1.39 bits per heavy atom. The van der Waals surface area contributed by atoms with Crippen molar-refractivity contribution in [3.8, 4) is 5.75 Å². The van der Waals surface area contributed by atoms with Crippen molar-refractivity contribution in [3.05, 3.63) is 35.5 Å². The van der Waals surface area contributed by atoms with E-state index in [1.807, 2.05) is 19.1 Å². The molecule has 1 aliphatic rings. The van der Waals surface area contributed by atoms with Gasteiger partial charge in [0.15, 0.2) is 0 Å². The number of morpholine rings is 1. The molecule has 2 aromatic rings. The summed E-state index contributed by atoms with van der Waals surface area (Å²) in [5.41, 5.74) is 2.97. The number of phenols is 1. The quantitative estimate of drug-likeness (QED) is 0.804. The molecule has 1 saturated heterocycles. The first kappa shape index (κ1) is 11.4. The van der Waals surface area contributed by atoms with Crippen LogP contribution in [-0.4, -0.2) is 29.8 Å². The molecular formula is C14H16N2O2. The fourth-order valence-corrected chi connectivity index (χ4v) is 2.41. The molecule has 4 nitrogen and oxygen atoms in total. The minimum atomic E-state index is 0.0322. The van der Waals surface area contributed by atoms with E-state index in [2.05, 4.69) is 10.3 Å². The Morgan fingerprint density at radius 2 is 2.28 bits per heavy atom. The fraction of sp³-hybridized carbons (Fsp3) is 0.357. The maximum atomic E-state index is 9.64. The highest BCUT2D eigenvalue weighted by molar-refractivity contribution is 5.84. The number of aryl methyl sites for hydroxylation is 1. The molecule has 2 heterocycles. The molecule has 0 aliphatic carbocycles. The van der Waals surface area contributed by atoms with Gasteiger partial charge >= 0.3 is 0 Å². The maximum Gasteiger partial charge on any atom is 0.116 e. The number of hydrogen-bond donors (Lipinski definition) is 2. The molecule has 0 amide bonds. The lowest BCUT2D eigenvalue weighted by molar-refractivity contribution is 0.0285. The number of nitrogens with zero attached hydrogens (tertiary/aromatic N) is 1. The Bertz CT molecular complexity index is 577. The number of rotatable bonds is 1. The van der Waals surface area contributed by atoms with Gasteiger partial charge in [0.05, 0.1) is 18.2 Å². The highest BCUT2D eigenvalue weighted by atomic mass is 16.5. The number of aromatic nitrogens is 1. The molecule has 3 rings (SSSR count). The van der Waals surface area contributed by atoms with E-state index in [0.717, 1.165) is 35.2 Å². The van der Waals surface area contributed by atoms with Gasteiger partial charge in [-0.2, -0.15) is 0 Å². The minimum Gasteiger partial charge on any atom is -0.508 e. The van der Waals surface area contributed by atoms with E-state index >= 15 is 0 Å². The first-order valence-electron chi connectivity index (χ1n) is 6.16. The Balaban J connectivity index is 2.16. The van der Waals surface area contributed by atoms with Crippen molar-refractivity contribution >= 4 is 10.9 Å². The standard InChI is InChI=1S/C14H16N2O2/c1-9-6-12(14-8-15-4-5-18-14)11-7-10(17)2-3-13(11)16-9/h2-3,6-7,14-15,17H,4-5,8H2,1H3. The summed E-state index contributed by atoms with van der Waals surface area (Å²) in [7, 11) is 0. The molecule has 1 unspecified atom stereocenters. The van der Waals surface area contributed by atoms with Gasteiger partial charge < -0.3 is 15.2 Å². The molecule has 0 radical (unpaired) electrons. The Labute approximate surface area is 106 Å². The monoisotopic (exact) mass is 244 g/mol. The summed E-state index contributed by atoms with van der Waals surface area (Å²) in [6.45, 7) is 4.39. The van der Waals surface area contributed by atoms with Crippen molar-refractivity contribution in [2.24, 2.45) is 0 Å². The van der Waals surface area contributed by atoms with Crippen LogP contribution < -0.4 is 5.32 Å². The molecule has 0 spiro atoms. The number of nitrogens with one attached hydrogen (secondary N) is 1. The summed E-state index contributed by atoms with van der Waals surface area (Å²) >= 11 is 0. The third-order valence-electron chi connectivity index (χ3n) is 3.23.